The topological polar surface area (TPSA) is 30.7 Å². The molecule has 65 heavy (non-hydrogen) atoms. The first kappa shape index (κ1) is 38.8. The van der Waals surface area contributed by atoms with Crippen molar-refractivity contribution in [2.24, 2.45) is 0 Å². The third kappa shape index (κ3) is 5.68. The zero-order valence-electron chi connectivity index (χ0n) is 37.0. The number of rotatable bonds is 6. The van der Waals surface area contributed by atoms with E-state index in [1.54, 1.807) is 0 Å². The quantitative estimate of drug-likeness (QED) is 0.167. The van der Waals surface area contributed by atoms with Gasteiger partial charge >= 0.3 is 0 Å². The van der Waals surface area contributed by atoms with Crippen LogP contribution in [0.2, 0.25) is 0 Å². The normalized spacial score (nSPS) is 14.0. The molecule has 8 aromatic carbocycles. The van der Waals surface area contributed by atoms with Crippen LogP contribution < -0.4 is 0 Å². The van der Waals surface area contributed by atoms with Crippen LogP contribution in [-0.4, -0.2) is 14.5 Å². The summed E-state index contributed by atoms with van der Waals surface area (Å²) in [5.74, 6) is 0.687. The Labute approximate surface area is 381 Å². The number of para-hydroxylation sites is 1. The van der Waals surface area contributed by atoms with Crippen molar-refractivity contribution in [2.75, 3.05) is 0 Å². The van der Waals surface area contributed by atoms with E-state index >= 15 is 0 Å². The maximum absolute atomic E-state index is 5.47. The molecule has 2 heterocycles. The van der Waals surface area contributed by atoms with Crippen LogP contribution >= 0.6 is 0 Å². The van der Waals surface area contributed by atoms with E-state index in [9.17, 15) is 0 Å². The first-order valence-electron chi connectivity index (χ1n) is 22.7. The lowest BCUT2D eigenvalue weighted by Crippen LogP contribution is -2.41. The van der Waals surface area contributed by atoms with E-state index in [4.69, 9.17) is 9.97 Å². The van der Waals surface area contributed by atoms with Gasteiger partial charge < -0.3 is 4.57 Å². The fourth-order valence-electron chi connectivity index (χ4n) is 11.4. The molecule has 0 bridgehead atoms. The summed E-state index contributed by atoms with van der Waals surface area (Å²) in [7, 11) is 0. The molecule has 3 heteroatoms. The van der Waals surface area contributed by atoms with Crippen molar-refractivity contribution in [3.63, 3.8) is 0 Å². The molecule has 12 rings (SSSR count). The molecule has 10 aromatic rings. The molecule has 0 aliphatic heterocycles. The predicted molar refractivity (Wildman–Crippen MR) is 269 cm³/mol. The molecule has 0 saturated carbocycles. The van der Waals surface area contributed by atoms with Crippen LogP contribution in [0.4, 0.5) is 0 Å². The highest BCUT2D eigenvalue weighted by Gasteiger charge is 2.53. The fraction of sp³-hybridized carbons (Fsp3) is 0.0968. The highest BCUT2D eigenvalue weighted by molar-refractivity contribution is 5.93. The van der Waals surface area contributed by atoms with E-state index in [2.05, 4.69) is 245 Å². The molecule has 2 aliphatic carbocycles. The number of benzene rings is 8. The highest BCUT2D eigenvalue weighted by atomic mass is 15.0. The van der Waals surface area contributed by atoms with Gasteiger partial charge in [-0.1, -0.05) is 184 Å². The predicted octanol–water partition coefficient (Wildman–Crippen LogP) is 15.4. The minimum Gasteiger partial charge on any atom is -0.310 e. The van der Waals surface area contributed by atoms with Crippen LogP contribution in [-0.2, 0) is 10.8 Å². The van der Waals surface area contributed by atoms with Gasteiger partial charge in [0.25, 0.3) is 0 Å². The molecule has 0 radical (unpaired) electrons. The second-order valence-electron chi connectivity index (χ2n) is 18.0. The Balaban J connectivity index is 1.06. The zero-order valence-corrected chi connectivity index (χ0v) is 37.0. The number of aryl methyl sites for hydroxylation is 1. The molecule has 2 aromatic heterocycles. The number of hydrogen-bond donors (Lipinski definition) is 0. The molecule has 0 fully saturated rings. The van der Waals surface area contributed by atoms with Crippen molar-refractivity contribution in [1.29, 1.82) is 0 Å². The third-order valence-electron chi connectivity index (χ3n) is 14.2. The summed E-state index contributed by atoms with van der Waals surface area (Å²) in [4.78, 5) is 10.8. The van der Waals surface area contributed by atoms with E-state index in [0.717, 1.165) is 39.3 Å². The number of aromatic nitrogens is 3. The molecule has 0 N–H and O–H groups in total. The van der Waals surface area contributed by atoms with Crippen LogP contribution in [0.1, 0.15) is 65.4 Å². The first-order valence-corrected chi connectivity index (χ1v) is 22.7. The largest absolute Gasteiger partial charge is 0.310 e. The Morgan fingerprint density at radius 1 is 0.462 bits per heavy atom. The lowest BCUT2D eigenvalue weighted by molar-refractivity contribution is 0.565. The summed E-state index contributed by atoms with van der Waals surface area (Å²) in [6.45, 7) is 9.11. The number of fused-ring (bicyclic) bond motifs is 10. The second-order valence-corrected chi connectivity index (χ2v) is 18.0. The summed E-state index contributed by atoms with van der Waals surface area (Å²) < 4.78 is 2.35. The van der Waals surface area contributed by atoms with E-state index in [0.29, 0.717) is 5.82 Å². The van der Waals surface area contributed by atoms with Gasteiger partial charge in [0.1, 0.15) is 0 Å². The van der Waals surface area contributed by atoms with Crippen molar-refractivity contribution < 1.29 is 0 Å². The van der Waals surface area contributed by atoms with Crippen molar-refractivity contribution in [1.82, 2.24) is 14.5 Å². The Morgan fingerprint density at radius 2 is 1.02 bits per heavy atom. The van der Waals surface area contributed by atoms with Crippen LogP contribution in [0.5, 0.6) is 0 Å². The molecule has 3 nitrogen and oxygen atoms in total. The molecule has 0 amide bonds. The lowest BCUT2D eigenvalue weighted by atomic mass is 9.54. The number of nitrogens with zero attached hydrogens (tertiary/aromatic N) is 3. The summed E-state index contributed by atoms with van der Waals surface area (Å²) >= 11 is 0. The highest BCUT2D eigenvalue weighted by Crippen LogP contribution is 2.63. The molecule has 2 aliphatic rings. The Kier molecular flexibility index (Phi) is 8.86. The third-order valence-corrected chi connectivity index (χ3v) is 14.2. The second kappa shape index (κ2) is 14.9. The van der Waals surface area contributed by atoms with E-state index in [1.165, 1.54) is 72.2 Å². The average Bonchev–Trinajstić information content (AvgIpc) is 3.82. The number of hydrogen-bond acceptors (Lipinski definition) is 2. The maximum atomic E-state index is 5.47. The first-order chi connectivity index (χ1) is 31.9. The van der Waals surface area contributed by atoms with Crippen LogP contribution in [0.15, 0.2) is 206 Å². The minimum absolute atomic E-state index is 0.322. The van der Waals surface area contributed by atoms with Gasteiger partial charge in [-0.3, -0.25) is 0 Å². The number of allylic oxidation sites excluding steroid dienone is 1. The average molecular weight is 834 g/mol. The molecule has 0 atom stereocenters. The van der Waals surface area contributed by atoms with Gasteiger partial charge in [0.2, 0.25) is 0 Å². The van der Waals surface area contributed by atoms with Gasteiger partial charge in [0.05, 0.1) is 22.3 Å². The van der Waals surface area contributed by atoms with Crippen molar-refractivity contribution in [2.45, 2.75) is 38.5 Å². The van der Waals surface area contributed by atoms with Crippen LogP contribution in [0.3, 0.4) is 0 Å². The maximum Gasteiger partial charge on any atom is 0.160 e. The smallest absolute Gasteiger partial charge is 0.160 e. The summed E-state index contributed by atoms with van der Waals surface area (Å²) in [5, 5.41) is 1.26. The van der Waals surface area contributed by atoms with Crippen LogP contribution in [0, 0.1) is 6.92 Å². The van der Waals surface area contributed by atoms with Gasteiger partial charge in [0, 0.05) is 38.9 Å². The molecular formula is C62H47N3. The van der Waals surface area contributed by atoms with E-state index in [-0.39, 0.29) is 5.41 Å². The van der Waals surface area contributed by atoms with Crippen molar-refractivity contribution in [3.05, 3.63) is 251 Å². The van der Waals surface area contributed by atoms with Gasteiger partial charge in [-0.25, -0.2) is 9.97 Å². The molecule has 0 saturated heterocycles. The molecule has 310 valence electrons. The Bertz CT molecular complexity index is 3490. The summed E-state index contributed by atoms with van der Waals surface area (Å²) in [6.07, 6.45) is 4.32. The minimum atomic E-state index is -0.479. The van der Waals surface area contributed by atoms with Crippen LogP contribution in [0.25, 0.3) is 78.8 Å². The SMILES string of the molecule is C/C=C\c1c(C)c2ccccc2n1-c1ccc(-c2nc(-c3ccccc3)cc(-c3ccccc3-c3cccc4c3C(C)(C)c3ccccc3C43c4ccccc4-c4ccccc43)n2)cc1. The monoisotopic (exact) mass is 833 g/mol. The van der Waals surface area contributed by atoms with E-state index in [1.807, 2.05) is 0 Å². The fourth-order valence-corrected chi connectivity index (χ4v) is 11.4. The standard InChI is InChI=1S/C62H47N3/c1-5-20-57-40(2)44-23-13-18-34-58(44)65(57)43-37-35-42(36-38-43)60-63-55(41-21-7-6-8-22-41)39-56(64-60)48-27-10-9-24-45(48)49-28-19-33-54-59(49)61(3,4)52-31-16-17-32-53(52)62(54)50-29-14-11-25-46(50)47-26-12-15-30-51(47)62/h5-39H,1-4H3/b20-5-. The van der Waals surface area contributed by atoms with Gasteiger partial charge in [0.15, 0.2) is 5.82 Å². The summed E-state index contributed by atoms with van der Waals surface area (Å²) in [5.41, 5.74) is 21.8. The Morgan fingerprint density at radius 3 is 1.72 bits per heavy atom. The molecule has 1 spiro atoms. The lowest BCUT2D eigenvalue weighted by Gasteiger charge is -2.47. The Hall–Kier alpha value is -7.88. The zero-order chi connectivity index (χ0) is 43.9. The molecular weight excluding hydrogens is 787 g/mol. The van der Waals surface area contributed by atoms with E-state index < -0.39 is 5.41 Å². The van der Waals surface area contributed by atoms with Crippen molar-refractivity contribution >= 4 is 17.0 Å². The van der Waals surface area contributed by atoms with Gasteiger partial charge in [-0.15, -0.1) is 0 Å². The van der Waals surface area contributed by atoms with Gasteiger partial charge in [-0.2, -0.15) is 0 Å². The molecule has 0 unspecified atom stereocenters. The summed E-state index contributed by atoms with van der Waals surface area (Å²) in [6, 6.07) is 73.2. The van der Waals surface area contributed by atoms with Gasteiger partial charge in [-0.05, 0) is 118 Å². The van der Waals surface area contributed by atoms with Crippen molar-refractivity contribution in [3.8, 4) is 61.8 Å².